The molecule has 0 aliphatic heterocycles. The van der Waals surface area contributed by atoms with Gasteiger partial charge in [-0.25, -0.2) is 4.39 Å². The van der Waals surface area contributed by atoms with Crippen molar-refractivity contribution in [3.8, 4) is 0 Å². The second kappa shape index (κ2) is 6.67. The van der Waals surface area contributed by atoms with Gasteiger partial charge in [-0.2, -0.15) is 5.10 Å². The summed E-state index contributed by atoms with van der Waals surface area (Å²) in [6, 6.07) is 7.16. The first kappa shape index (κ1) is 15.9. The second-order valence-corrected chi connectivity index (χ2v) is 6.35. The Kier molecular flexibility index (Phi) is 4.62. The van der Waals surface area contributed by atoms with Crippen molar-refractivity contribution in [3.05, 3.63) is 65.8 Å². The summed E-state index contributed by atoms with van der Waals surface area (Å²) in [7, 11) is 0. The summed E-state index contributed by atoms with van der Waals surface area (Å²) in [4.78, 5) is 0. The quantitative estimate of drug-likeness (QED) is 0.815. The molecule has 0 unspecified atom stereocenters. The summed E-state index contributed by atoms with van der Waals surface area (Å²) < 4.78 is 16.3. The molecule has 0 radical (unpaired) electrons. The Morgan fingerprint density at radius 3 is 2.78 bits per heavy atom. The predicted octanol–water partition coefficient (Wildman–Crippen LogP) is 4.08. The topological polar surface area (TPSA) is 29.9 Å². The Balaban J connectivity index is 1.81. The largest absolute Gasteiger partial charge is 0.303 e. The van der Waals surface area contributed by atoms with Crippen LogP contribution in [0.3, 0.4) is 0 Å². The van der Waals surface area contributed by atoms with E-state index < -0.39 is 0 Å². The molecule has 0 saturated heterocycles. The minimum absolute atomic E-state index is 0.110. The average molecular weight is 313 g/mol. The van der Waals surface area contributed by atoms with E-state index in [1.165, 1.54) is 0 Å². The molecule has 23 heavy (non-hydrogen) atoms. The van der Waals surface area contributed by atoms with Gasteiger partial charge < -0.3 is 5.32 Å². The maximum Gasteiger partial charge on any atom is 0.128 e. The van der Waals surface area contributed by atoms with Crippen LogP contribution in [0.25, 0.3) is 0 Å². The van der Waals surface area contributed by atoms with Crippen molar-refractivity contribution < 1.29 is 4.39 Å². The van der Waals surface area contributed by atoms with E-state index in [9.17, 15) is 4.39 Å². The molecule has 1 fully saturated rings. The third-order valence-electron chi connectivity index (χ3n) is 4.97. The molecule has 0 amide bonds. The maximum absolute atomic E-state index is 14.3. The number of hydrogen-bond acceptors (Lipinski definition) is 2. The molecule has 3 nitrogen and oxygen atoms in total. The minimum atomic E-state index is -0.252. The third-order valence-corrected chi connectivity index (χ3v) is 4.97. The van der Waals surface area contributed by atoms with Gasteiger partial charge in [-0.3, -0.25) is 4.68 Å². The Labute approximate surface area is 137 Å². The van der Waals surface area contributed by atoms with Crippen LogP contribution in [0.1, 0.15) is 42.5 Å². The molecule has 0 spiro atoms. The Hall–Kier alpha value is -1.94. The van der Waals surface area contributed by atoms with Crippen molar-refractivity contribution in [2.75, 3.05) is 0 Å². The molecular weight excluding hydrogens is 289 g/mol. The lowest BCUT2D eigenvalue weighted by Gasteiger charge is -2.31. The fraction of sp³-hybridized carbons (Fsp3) is 0.421. The molecule has 1 aliphatic rings. The predicted molar refractivity (Wildman–Crippen MR) is 90.5 cm³/mol. The minimum Gasteiger partial charge on any atom is -0.303 e. The van der Waals surface area contributed by atoms with Gasteiger partial charge >= 0.3 is 0 Å². The van der Waals surface area contributed by atoms with E-state index in [1.807, 2.05) is 29.1 Å². The normalized spacial score (nSPS) is 16.6. The van der Waals surface area contributed by atoms with Gasteiger partial charge in [0, 0.05) is 28.9 Å². The summed E-state index contributed by atoms with van der Waals surface area (Å²) in [6.45, 7) is 7.24. The molecule has 1 aliphatic carbocycles. The number of nitrogens with one attached hydrogen (secondary N) is 1. The van der Waals surface area contributed by atoms with E-state index in [0.717, 1.165) is 42.5 Å². The first-order valence-electron chi connectivity index (χ1n) is 8.28. The summed E-state index contributed by atoms with van der Waals surface area (Å²) >= 11 is 0. The van der Waals surface area contributed by atoms with E-state index in [2.05, 4.69) is 23.9 Å². The lowest BCUT2D eigenvalue weighted by Crippen LogP contribution is -2.40. The molecule has 1 aromatic heterocycles. The van der Waals surface area contributed by atoms with Gasteiger partial charge in [-0.1, -0.05) is 37.1 Å². The molecule has 122 valence electrons. The van der Waals surface area contributed by atoms with Crippen LogP contribution in [-0.2, 0) is 18.6 Å². The number of hydrogen-bond donors (Lipinski definition) is 1. The molecule has 1 heterocycles. The van der Waals surface area contributed by atoms with Crippen LogP contribution in [0.2, 0.25) is 0 Å². The van der Waals surface area contributed by atoms with Crippen LogP contribution >= 0.6 is 0 Å². The van der Waals surface area contributed by atoms with E-state index >= 15 is 0 Å². The summed E-state index contributed by atoms with van der Waals surface area (Å²) in [5, 5.41) is 8.04. The van der Waals surface area contributed by atoms with Gasteiger partial charge in [0.15, 0.2) is 0 Å². The molecule has 1 N–H and O–H groups in total. The van der Waals surface area contributed by atoms with Crippen molar-refractivity contribution >= 4 is 0 Å². The molecule has 2 aromatic rings. The van der Waals surface area contributed by atoms with Crippen LogP contribution in [0.5, 0.6) is 0 Å². The molecule has 1 aromatic carbocycles. The zero-order valence-corrected chi connectivity index (χ0v) is 13.7. The van der Waals surface area contributed by atoms with E-state index in [4.69, 9.17) is 0 Å². The Bertz CT molecular complexity index is 684. The van der Waals surface area contributed by atoms with Gasteiger partial charge in [0.05, 0.1) is 12.7 Å². The molecule has 1 saturated carbocycles. The standard InChI is InChI=1S/C19H24FN3/c1-3-12-23-15(2)16(14-22-23)13-21-19(10-6-7-11-19)17-8-4-5-9-18(17)20/h3-5,8-9,14,21H,1,6-7,10-13H2,2H3. The van der Waals surface area contributed by atoms with Gasteiger partial charge in [-0.15, -0.1) is 6.58 Å². The number of nitrogens with zero attached hydrogens (tertiary/aromatic N) is 2. The van der Waals surface area contributed by atoms with Gasteiger partial charge in [0.25, 0.3) is 0 Å². The van der Waals surface area contributed by atoms with E-state index in [-0.39, 0.29) is 11.4 Å². The highest BCUT2D eigenvalue weighted by atomic mass is 19.1. The van der Waals surface area contributed by atoms with Crippen molar-refractivity contribution in [1.82, 2.24) is 15.1 Å². The summed E-state index contributed by atoms with van der Waals surface area (Å²) in [6.07, 6.45) is 7.97. The van der Waals surface area contributed by atoms with Gasteiger partial charge in [0.2, 0.25) is 0 Å². The number of rotatable bonds is 6. The first-order chi connectivity index (χ1) is 11.2. The molecule has 4 heteroatoms. The molecular formula is C19H24FN3. The Morgan fingerprint density at radius 2 is 2.09 bits per heavy atom. The number of allylic oxidation sites excluding steroid dienone is 1. The van der Waals surface area contributed by atoms with Crippen LogP contribution < -0.4 is 5.32 Å². The van der Waals surface area contributed by atoms with Crippen molar-refractivity contribution in [3.63, 3.8) is 0 Å². The van der Waals surface area contributed by atoms with Crippen molar-refractivity contribution in [2.24, 2.45) is 0 Å². The summed E-state index contributed by atoms with van der Waals surface area (Å²) in [5.41, 5.74) is 2.85. The Morgan fingerprint density at radius 1 is 1.35 bits per heavy atom. The third kappa shape index (κ3) is 3.08. The van der Waals surface area contributed by atoms with Crippen LogP contribution in [0.4, 0.5) is 4.39 Å². The smallest absolute Gasteiger partial charge is 0.128 e. The van der Waals surface area contributed by atoms with E-state index in [0.29, 0.717) is 13.1 Å². The molecule has 3 rings (SSSR count). The lowest BCUT2D eigenvalue weighted by molar-refractivity contribution is 0.325. The second-order valence-electron chi connectivity index (χ2n) is 6.35. The monoisotopic (exact) mass is 313 g/mol. The summed E-state index contributed by atoms with van der Waals surface area (Å²) in [5.74, 6) is -0.110. The molecule has 0 bridgehead atoms. The average Bonchev–Trinajstić information content (AvgIpc) is 3.15. The number of aromatic nitrogens is 2. The van der Waals surface area contributed by atoms with Crippen LogP contribution in [0, 0.1) is 12.7 Å². The first-order valence-corrected chi connectivity index (χ1v) is 8.28. The number of benzene rings is 1. The highest BCUT2D eigenvalue weighted by Gasteiger charge is 2.37. The van der Waals surface area contributed by atoms with Crippen LogP contribution in [-0.4, -0.2) is 9.78 Å². The van der Waals surface area contributed by atoms with Crippen molar-refractivity contribution in [1.29, 1.82) is 0 Å². The molecule has 0 atom stereocenters. The maximum atomic E-state index is 14.3. The van der Waals surface area contributed by atoms with Crippen LogP contribution in [0.15, 0.2) is 43.1 Å². The van der Waals surface area contributed by atoms with Gasteiger partial charge in [-0.05, 0) is 25.8 Å². The zero-order valence-electron chi connectivity index (χ0n) is 13.7. The van der Waals surface area contributed by atoms with E-state index in [1.54, 1.807) is 12.1 Å². The highest BCUT2D eigenvalue weighted by molar-refractivity contribution is 5.28. The zero-order chi connectivity index (χ0) is 16.3. The fourth-order valence-corrected chi connectivity index (χ4v) is 3.60. The van der Waals surface area contributed by atoms with Gasteiger partial charge in [0.1, 0.15) is 5.82 Å². The lowest BCUT2D eigenvalue weighted by atomic mass is 9.87. The highest BCUT2D eigenvalue weighted by Crippen LogP contribution is 2.40. The number of halogens is 1. The van der Waals surface area contributed by atoms with Crippen molar-refractivity contribution in [2.45, 2.75) is 51.2 Å². The SMILES string of the molecule is C=CCn1ncc(CNC2(c3ccccc3F)CCCC2)c1C. The fourth-order valence-electron chi connectivity index (χ4n) is 3.60.